The lowest BCUT2D eigenvalue weighted by Crippen LogP contribution is -2.37. The predicted octanol–water partition coefficient (Wildman–Crippen LogP) is 2.60. The van der Waals surface area contributed by atoms with Gasteiger partial charge in [-0.05, 0) is 26.7 Å². The van der Waals surface area contributed by atoms with Gasteiger partial charge in [0.25, 0.3) is 5.79 Å². The highest BCUT2D eigenvalue weighted by Gasteiger charge is 2.43. The van der Waals surface area contributed by atoms with E-state index >= 15 is 0 Å². The molecule has 0 aromatic rings. The first-order valence-corrected chi connectivity index (χ1v) is 5.83. The zero-order chi connectivity index (χ0) is 12.7. The molecular formula is C11H18O6. The smallest absolute Gasteiger partial charge is 0.434 e. The molecule has 0 aromatic heterocycles. The van der Waals surface area contributed by atoms with Crippen molar-refractivity contribution < 1.29 is 28.5 Å². The van der Waals surface area contributed by atoms with Crippen molar-refractivity contribution in [1.82, 2.24) is 0 Å². The average molecular weight is 246 g/mol. The molecule has 0 bridgehead atoms. The summed E-state index contributed by atoms with van der Waals surface area (Å²) in [5.74, 6) is -1.21. The van der Waals surface area contributed by atoms with Crippen molar-refractivity contribution in [2.45, 2.75) is 45.3 Å². The van der Waals surface area contributed by atoms with Gasteiger partial charge in [0.2, 0.25) is 0 Å². The number of ether oxygens (including phenoxy) is 4. The first-order valence-electron chi connectivity index (χ1n) is 5.83. The maximum Gasteiger partial charge on any atom is 0.511 e. The van der Waals surface area contributed by atoms with E-state index in [2.05, 4.69) is 9.47 Å². The molecule has 0 heterocycles. The Morgan fingerprint density at radius 3 is 1.71 bits per heavy atom. The number of rotatable bonds is 4. The van der Waals surface area contributed by atoms with Gasteiger partial charge < -0.3 is 18.9 Å². The summed E-state index contributed by atoms with van der Waals surface area (Å²) in [6.45, 7) is 3.78. The first-order chi connectivity index (χ1) is 8.12. The van der Waals surface area contributed by atoms with Crippen molar-refractivity contribution in [3.63, 3.8) is 0 Å². The monoisotopic (exact) mass is 246 g/mol. The number of carbonyl (C=O) groups excluding carboxylic acids is 2. The first kappa shape index (κ1) is 13.6. The summed E-state index contributed by atoms with van der Waals surface area (Å²) in [5.41, 5.74) is 0. The minimum atomic E-state index is -1.21. The Kier molecular flexibility index (Phi) is 5.06. The number of carbonyl (C=O) groups is 2. The van der Waals surface area contributed by atoms with Gasteiger partial charge in [0.05, 0.1) is 13.2 Å². The summed E-state index contributed by atoms with van der Waals surface area (Å²) in [6, 6.07) is 0. The Hall–Kier alpha value is -1.46. The highest BCUT2D eigenvalue weighted by molar-refractivity contribution is 5.63. The SMILES string of the molecule is CCOC(=O)OC1(OC(=O)OCC)CCCC1. The lowest BCUT2D eigenvalue weighted by atomic mass is 10.2. The van der Waals surface area contributed by atoms with Crippen LogP contribution >= 0.6 is 0 Å². The van der Waals surface area contributed by atoms with Crippen LogP contribution in [-0.4, -0.2) is 31.3 Å². The second-order valence-electron chi connectivity index (χ2n) is 3.69. The van der Waals surface area contributed by atoms with Gasteiger partial charge in [-0.15, -0.1) is 0 Å². The molecule has 1 aliphatic rings. The maximum absolute atomic E-state index is 11.3. The standard InChI is InChI=1S/C11H18O6/c1-3-14-9(12)16-11(7-5-6-8-11)17-10(13)15-4-2/h3-8H2,1-2H3. The molecule has 0 radical (unpaired) electrons. The molecule has 0 unspecified atom stereocenters. The van der Waals surface area contributed by atoms with Gasteiger partial charge in [-0.1, -0.05) is 0 Å². The minimum absolute atomic E-state index is 0.217. The fraction of sp³-hybridized carbons (Fsp3) is 0.818. The summed E-state index contributed by atoms with van der Waals surface area (Å²) in [6.07, 6.45) is 0.977. The van der Waals surface area contributed by atoms with Crippen LogP contribution in [0, 0.1) is 0 Å². The molecule has 0 atom stereocenters. The molecule has 0 aliphatic heterocycles. The summed E-state index contributed by atoms with van der Waals surface area (Å²) < 4.78 is 19.5. The van der Waals surface area contributed by atoms with E-state index in [4.69, 9.17) is 9.47 Å². The zero-order valence-corrected chi connectivity index (χ0v) is 10.2. The summed E-state index contributed by atoms with van der Waals surface area (Å²) in [4.78, 5) is 22.5. The van der Waals surface area contributed by atoms with Crippen LogP contribution < -0.4 is 0 Å². The Bertz CT molecular complexity index is 247. The van der Waals surface area contributed by atoms with E-state index in [1.807, 2.05) is 0 Å². The van der Waals surface area contributed by atoms with E-state index in [1.165, 1.54) is 0 Å². The average Bonchev–Trinajstić information content (AvgIpc) is 2.66. The Labute approximate surface area is 100 Å². The summed E-state index contributed by atoms with van der Waals surface area (Å²) in [5, 5.41) is 0. The van der Waals surface area contributed by atoms with E-state index in [-0.39, 0.29) is 13.2 Å². The molecule has 98 valence electrons. The van der Waals surface area contributed by atoms with Crippen LogP contribution in [-0.2, 0) is 18.9 Å². The molecule has 0 saturated heterocycles. The van der Waals surface area contributed by atoms with Crippen molar-refractivity contribution in [1.29, 1.82) is 0 Å². The van der Waals surface area contributed by atoms with E-state index in [0.717, 1.165) is 12.8 Å². The van der Waals surface area contributed by atoms with Gasteiger partial charge in [0.1, 0.15) is 0 Å². The fourth-order valence-electron chi connectivity index (χ4n) is 1.74. The van der Waals surface area contributed by atoms with Gasteiger partial charge >= 0.3 is 12.3 Å². The van der Waals surface area contributed by atoms with E-state index in [9.17, 15) is 9.59 Å². The van der Waals surface area contributed by atoms with Crippen molar-refractivity contribution in [2.75, 3.05) is 13.2 Å². The second-order valence-corrected chi connectivity index (χ2v) is 3.69. The summed E-state index contributed by atoms with van der Waals surface area (Å²) in [7, 11) is 0. The van der Waals surface area contributed by atoms with Crippen LogP contribution in [0.15, 0.2) is 0 Å². The van der Waals surface area contributed by atoms with Crippen LogP contribution in [0.3, 0.4) is 0 Å². The van der Waals surface area contributed by atoms with E-state index in [1.54, 1.807) is 13.8 Å². The van der Waals surface area contributed by atoms with Crippen molar-refractivity contribution >= 4 is 12.3 Å². The molecule has 0 aromatic carbocycles. The zero-order valence-electron chi connectivity index (χ0n) is 10.2. The molecule has 0 spiro atoms. The Morgan fingerprint density at radius 1 is 0.941 bits per heavy atom. The third-order valence-electron chi connectivity index (χ3n) is 2.43. The number of hydrogen-bond donors (Lipinski definition) is 0. The lowest BCUT2D eigenvalue weighted by Gasteiger charge is -2.27. The van der Waals surface area contributed by atoms with Gasteiger partial charge in [0, 0.05) is 12.8 Å². The number of hydrogen-bond acceptors (Lipinski definition) is 6. The van der Waals surface area contributed by atoms with Crippen molar-refractivity contribution in [3.05, 3.63) is 0 Å². The normalized spacial score (nSPS) is 17.3. The van der Waals surface area contributed by atoms with Gasteiger partial charge in [-0.25, -0.2) is 9.59 Å². The Morgan fingerprint density at radius 2 is 1.35 bits per heavy atom. The largest absolute Gasteiger partial charge is 0.511 e. The van der Waals surface area contributed by atoms with Crippen LogP contribution in [0.25, 0.3) is 0 Å². The van der Waals surface area contributed by atoms with Gasteiger partial charge in [0.15, 0.2) is 0 Å². The van der Waals surface area contributed by atoms with Crippen molar-refractivity contribution in [2.24, 2.45) is 0 Å². The third-order valence-corrected chi connectivity index (χ3v) is 2.43. The van der Waals surface area contributed by atoms with Crippen LogP contribution in [0.4, 0.5) is 9.59 Å². The Balaban J connectivity index is 2.56. The second kappa shape index (κ2) is 6.32. The van der Waals surface area contributed by atoms with Gasteiger partial charge in [-0.3, -0.25) is 0 Å². The summed E-state index contributed by atoms with van der Waals surface area (Å²) >= 11 is 0. The highest BCUT2D eigenvalue weighted by atomic mass is 16.8. The quantitative estimate of drug-likeness (QED) is 0.561. The van der Waals surface area contributed by atoms with Crippen LogP contribution in [0.5, 0.6) is 0 Å². The lowest BCUT2D eigenvalue weighted by molar-refractivity contribution is -0.184. The topological polar surface area (TPSA) is 71.1 Å². The molecule has 1 fully saturated rings. The van der Waals surface area contributed by atoms with E-state index in [0.29, 0.717) is 12.8 Å². The molecule has 1 aliphatic carbocycles. The van der Waals surface area contributed by atoms with E-state index < -0.39 is 18.1 Å². The highest BCUT2D eigenvalue weighted by Crippen LogP contribution is 2.35. The van der Waals surface area contributed by atoms with Gasteiger partial charge in [-0.2, -0.15) is 0 Å². The fourth-order valence-corrected chi connectivity index (χ4v) is 1.74. The molecule has 1 rings (SSSR count). The molecular weight excluding hydrogens is 228 g/mol. The maximum atomic E-state index is 11.3. The molecule has 1 saturated carbocycles. The third kappa shape index (κ3) is 4.13. The van der Waals surface area contributed by atoms with Crippen LogP contribution in [0.2, 0.25) is 0 Å². The molecule has 0 amide bonds. The molecule has 6 nitrogen and oxygen atoms in total. The molecule has 17 heavy (non-hydrogen) atoms. The molecule has 6 heteroatoms. The van der Waals surface area contributed by atoms with Crippen LogP contribution in [0.1, 0.15) is 39.5 Å². The van der Waals surface area contributed by atoms with Crippen molar-refractivity contribution in [3.8, 4) is 0 Å². The predicted molar refractivity (Wildman–Crippen MR) is 57.4 cm³/mol. The molecule has 0 N–H and O–H groups in total. The minimum Gasteiger partial charge on any atom is -0.434 e.